The second kappa shape index (κ2) is 5.46. The molecule has 0 heterocycles. The SMILES string of the molecule is CC(CO)(NC(=O)Nc1ccc([N+](=O)[O-])cc1)C1CC1. The molecule has 7 heteroatoms. The van der Waals surface area contributed by atoms with Gasteiger partial charge in [-0.2, -0.15) is 0 Å². The molecule has 2 amide bonds. The standard InChI is InChI=1S/C13H17N3O4/c1-13(8-17,9-2-3-9)15-12(18)14-10-4-6-11(7-5-10)16(19)20/h4-7,9,17H,2-3,8H2,1H3,(H2,14,15,18). The molecule has 0 aromatic heterocycles. The van der Waals surface area contributed by atoms with Gasteiger partial charge in [-0.3, -0.25) is 10.1 Å². The largest absolute Gasteiger partial charge is 0.394 e. The Morgan fingerprint density at radius 2 is 2.05 bits per heavy atom. The number of hydrogen-bond donors (Lipinski definition) is 3. The van der Waals surface area contributed by atoms with Gasteiger partial charge >= 0.3 is 6.03 Å². The Morgan fingerprint density at radius 1 is 1.45 bits per heavy atom. The van der Waals surface area contributed by atoms with Crippen molar-refractivity contribution in [2.45, 2.75) is 25.3 Å². The number of nitrogens with one attached hydrogen (secondary N) is 2. The number of carbonyl (C=O) groups is 1. The Morgan fingerprint density at radius 3 is 2.50 bits per heavy atom. The van der Waals surface area contributed by atoms with Crippen LogP contribution in [0.5, 0.6) is 0 Å². The summed E-state index contributed by atoms with van der Waals surface area (Å²) in [4.78, 5) is 21.9. The van der Waals surface area contributed by atoms with Crippen LogP contribution in [0.2, 0.25) is 0 Å². The van der Waals surface area contributed by atoms with Crippen LogP contribution in [0, 0.1) is 16.0 Å². The van der Waals surface area contributed by atoms with Crippen LogP contribution >= 0.6 is 0 Å². The zero-order chi connectivity index (χ0) is 14.8. The molecule has 20 heavy (non-hydrogen) atoms. The summed E-state index contributed by atoms with van der Waals surface area (Å²) in [6.45, 7) is 1.69. The molecule has 108 valence electrons. The van der Waals surface area contributed by atoms with Crippen molar-refractivity contribution in [3.8, 4) is 0 Å². The lowest BCUT2D eigenvalue weighted by molar-refractivity contribution is -0.384. The molecule has 1 aromatic rings. The average molecular weight is 279 g/mol. The van der Waals surface area contributed by atoms with Gasteiger partial charge in [-0.05, 0) is 37.8 Å². The van der Waals surface area contributed by atoms with E-state index in [9.17, 15) is 20.0 Å². The number of aliphatic hydroxyl groups is 1. The number of non-ortho nitro benzene ring substituents is 1. The van der Waals surface area contributed by atoms with E-state index in [2.05, 4.69) is 10.6 Å². The summed E-state index contributed by atoms with van der Waals surface area (Å²) < 4.78 is 0. The number of rotatable bonds is 5. The van der Waals surface area contributed by atoms with Crippen LogP contribution in [0.1, 0.15) is 19.8 Å². The molecule has 7 nitrogen and oxygen atoms in total. The highest BCUT2D eigenvalue weighted by atomic mass is 16.6. The Hall–Kier alpha value is -2.15. The maximum atomic E-state index is 11.9. The van der Waals surface area contributed by atoms with Gasteiger partial charge in [0.15, 0.2) is 0 Å². The van der Waals surface area contributed by atoms with E-state index in [-0.39, 0.29) is 12.3 Å². The predicted octanol–water partition coefficient (Wildman–Crippen LogP) is 1.88. The normalized spacial score (nSPS) is 17.1. The topological polar surface area (TPSA) is 104 Å². The van der Waals surface area contributed by atoms with Crippen LogP contribution < -0.4 is 10.6 Å². The maximum Gasteiger partial charge on any atom is 0.319 e. The van der Waals surface area contributed by atoms with E-state index >= 15 is 0 Å². The predicted molar refractivity (Wildman–Crippen MR) is 73.5 cm³/mol. The van der Waals surface area contributed by atoms with Crippen molar-refractivity contribution >= 4 is 17.4 Å². The van der Waals surface area contributed by atoms with Crippen LogP contribution in [0.4, 0.5) is 16.2 Å². The van der Waals surface area contributed by atoms with Gasteiger partial charge in [-0.1, -0.05) is 0 Å². The Labute approximate surface area is 116 Å². The molecule has 1 aliphatic carbocycles. The molecular formula is C13H17N3O4. The quantitative estimate of drug-likeness (QED) is 0.565. The van der Waals surface area contributed by atoms with Crippen molar-refractivity contribution in [1.82, 2.24) is 5.32 Å². The molecule has 1 unspecified atom stereocenters. The number of amides is 2. The van der Waals surface area contributed by atoms with Gasteiger partial charge in [0.05, 0.1) is 17.1 Å². The summed E-state index contributed by atoms with van der Waals surface area (Å²) in [7, 11) is 0. The van der Waals surface area contributed by atoms with E-state index in [0.29, 0.717) is 11.6 Å². The van der Waals surface area contributed by atoms with Crippen molar-refractivity contribution in [3.05, 3.63) is 34.4 Å². The number of nitrogens with zero attached hydrogens (tertiary/aromatic N) is 1. The van der Waals surface area contributed by atoms with Crippen LogP contribution in [-0.4, -0.2) is 28.2 Å². The third kappa shape index (κ3) is 3.24. The van der Waals surface area contributed by atoms with Crippen molar-refractivity contribution in [3.63, 3.8) is 0 Å². The number of nitro benzene ring substituents is 1. The summed E-state index contributed by atoms with van der Waals surface area (Å²) in [5, 5.41) is 25.3. The van der Waals surface area contributed by atoms with E-state index in [1.54, 1.807) is 6.92 Å². The molecule has 0 spiro atoms. The molecule has 3 N–H and O–H groups in total. The molecule has 0 radical (unpaired) electrons. The number of hydrogen-bond acceptors (Lipinski definition) is 4. The first-order valence-electron chi connectivity index (χ1n) is 6.39. The van der Waals surface area contributed by atoms with Crippen LogP contribution in [0.15, 0.2) is 24.3 Å². The zero-order valence-corrected chi connectivity index (χ0v) is 11.1. The molecule has 0 bridgehead atoms. The molecule has 1 aromatic carbocycles. The van der Waals surface area contributed by atoms with Crippen molar-refractivity contribution in [2.75, 3.05) is 11.9 Å². The minimum atomic E-state index is -0.620. The fourth-order valence-corrected chi connectivity index (χ4v) is 2.08. The maximum absolute atomic E-state index is 11.9. The highest BCUT2D eigenvalue weighted by Crippen LogP contribution is 2.39. The smallest absolute Gasteiger partial charge is 0.319 e. The second-order valence-corrected chi connectivity index (χ2v) is 5.23. The number of anilines is 1. The van der Waals surface area contributed by atoms with E-state index < -0.39 is 16.5 Å². The summed E-state index contributed by atoms with van der Waals surface area (Å²) in [6.07, 6.45) is 1.99. The molecular weight excluding hydrogens is 262 g/mol. The summed E-state index contributed by atoms with van der Waals surface area (Å²) in [6, 6.07) is 5.14. The molecule has 1 fully saturated rings. The lowest BCUT2D eigenvalue weighted by Gasteiger charge is -2.28. The van der Waals surface area contributed by atoms with Gasteiger partial charge in [0.2, 0.25) is 0 Å². The number of nitro groups is 1. The Bertz CT molecular complexity index is 513. The number of aliphatic hydroxyl groups excluding tert-OH is 1. The van der Waals surface area contributed by atoms with Gasteiger partial charge < -0.3 is 15.7 Å². The second-order valence-electron chi connectivity index (χ2n) is 5.23. The minimum absolute atomic E-state index is 0.0332. The minimum Gasteiger partial charge on any atom is -0.394 e. The average Bonchev–Trinajstić information content (AvgIpc) is 3.23. The zero-order valence-electron chi connectivity index (χ0n) is 11.1. The van der Waals surface area contributed by atoms with Crippen LogP contribution in [0.3, 0.4) is 0 Å². The fraction of sp³-hybridized carbons (Fsp3) is 0.462. The van der Waals surface area contributed by atoms with Gasteiger partial charge in [0.25, 0.3) is 5.69 Å². The number of carbonyl (C=O) groups excluding carboxylic acids is 1. The summed E-state index contributed by atoms with van der Waals surface area (Å²) >= 11 is 0. The Balaban J connectivity index is 1.95. The first-order valence-corrected chi connectivity index (χ1v) is 6.39. The van der Waals surface area contributed by atoms with Crippen LogP contribution in [0.25, 0.3) is 0 Å². The number of urea groups is 1. The molecule has 0 aliphatic heterocycles. The van der Waals surface area contributed by atoms with Gasteiger partial charge in [-0.25, -0.2) is 4.79 Å². The summed E-state index contributed by atoms with van der Waals surface area (Å²) in [5.41, 5.74) is -0.191. The first-order chi connectivity index (χ1) is 9.44. The third-order valence-corrected chi connectivity index (χ3v) is 3.54. The first kappa shape index (κ1) is 14.3. The van der Waals surface area contributed by atoms with Gasteiger partial charge in [0, 0.05) is 17.8 Å². The van der Waals surface area contributed by atoms with Crippen LogP contribution in [-0.2, 0) is 0 Å². The van der Waals surface area contributed by atoms with E-state index in [0.717, 1.165) is 12.8 Å². The Kier molecular flexibility index (Phi) is 3.89. The molecule has 1 aliphatic rings. The highest BCUT2D eigenvalue weighted by Gasteiger charge is 2.42. The number of benzene rings is 1. The third-order valence-electron chi connectivity index (χ3n) is 3.54. The van der Waals surface area contributed by atoms with Gasteiger partial charge in [-0.15, -0.1) is 0 Å². The lowest BCUT2D eigenvalue weighted by Crippen LogP contribution is -2.52. The summed E-state index contributed by atoms with van der Waals surface area (Å²) in [5.74, 6) is 0.301. The molecule has 2 rings (SSSR count). The van der Waals surface area contributed by atoms with Gasteiger partial charge in [0.1, 0.15) is 0 Å². The van der Waals surface area contributed by atoms with E-state index in [1.165, 1.54) is 24.3 Å². The van der Waals surface area contributed by atoms with Crippen molar-refractivity contribution in [1.29, 1.82) is 0 Å². The lowest BCUT2D eigenvalue weighted by atomic mass is 9.97. The monoisotopic (exact) mass is 279 g/mol. The fourth-order valence-electron chi connectivity index (χ4n) is 2.08. The van der Waals surface area contributed by atoms with Crippen molar-refractivity contribution < 1.29 is 14.8 Å². The van der Waals surface area contributed by atoms with Crippen molar-refractivity contribution in [2.24, 2.45) is 5.92 Å². The highest BCUT2D eigenvalue weighted by molar-refractivity contribution is 5.89. The van der Waals surface area contributed by atoms with E-state index in [1.807, 2.05) is 0 Å². The molecule has 1 atom stereocenters. The molecule has 0 saturated heterocycles. The van der Waals surface area contributed by atoms with E-state index in [4.69, 9.17) is 0 Å². The molecule has 1 saturated carbocycles.